The zero-order valence-corrected chi connectivity index (χ0v) is 16.0. The Labute approximate surface area is 143 Å². The highest BCUT2D eigenvalue weighted by atomic mass is 35.5. The van der Waals surface area contributed by atoms with E-state index >= 15 is 0 Å². The van der Waals surface area contributed by atoms with Crippen LogP contribution in [0.25, 0.3) is 0 Å². The van der Waals surface area contributed by atoms with E-state index in [0.29, 0.717) is 6.42 Å². The van der Waals surface area contributed by atoms with Crippen LogP contribution in [0.3, 0.4) is 0 Å². The van der Waals surface area contributed by atoms with Crippen molar-refractivity contribution in [2.75, 3.05) is 12.8 Å². The van der Waals surface area contributed by atoms with E-state index < -0.39 is 25.4 Å². The van der Waals surface area contributed by atoms with Gasteiger partial charge in [-0.1, -0.05) is 25.4 Å². The molecule has 0 bridgehead atoms. The molecule has 0 amide bonds. The summed E-state index contributed by atoms with van der Waals surface area (Å²) < 4.78 is 51.1. The molecule has 1 aromatic carbocycles. The maximum absolute atomic E-state index is 12.6. The lowest BCUT2D eigenvalue weighted by Crippen LogP contribution is -2.52. The van der Waals surface area contributed by atoms with Crippen LogP contribution in [0.15, 0.2) is 28.0 Å². The lowest BCUT2D eigenvalue weighted by atomic mass is 9.92. The van der Waals surface area contributed by atoms with Crippen LogP contribution in [0.1, 0.15) is 27.2 Å². The van der Waals surface area contributed by atoms with Gasteiger partial charge in [-0.2, -0.15) is 0 Å². The van der Waals surface area contributed by atoms with Gasteiger partial charge in [-0.25, -0.2) is 21.6 Å². The summed E-state index contributed by atoms with van der Waals surface area (Å²) >= 11 is 5.96. The van der Waals surface area contributed by atoms with Crippen LogP contribution >= 0.6 is 11.6 Å². The maximum Gasteiger partial charge on any atom is 0.242 e. The van der Waals surface area contributed by atoms with Crippen LogP contribution in [0.5, 0.6) is 0 Å². The third kappa shape index (κ3) is 5.42. The number of nitrogens with two attached hydrogens (primary N) is 1. The Bertz CT molecular complexity index is 776. The summed E-state index contributed by atoms with van der Waals surface area (Å²) in [5.41, 5.74) is 4.87. The minimum atomic E-state index is -4.02. The zero-order chi connectivity index (χ0) is 18.1. The minimum Gasteiger partial charge on any atom is -0.329 e. The molecule has 0 aromatic heterocycles. The first-order chi connectivity index (χ1) is 10.3. The predicted octanol–water partition coefficient (Wildman–Crippen LogP) is 1.79. The number of benzene rings is 1. The van der Waals surface area contributed by atoms with Crippen LogP contribution in [-0.4, -0.2) is 35.2 Å². The SMILES string of the molecule is CC(C)C[C@@](C)(CN)NS(=O)(=O)c1cc(S(C)(=O)=O)ccc1Cl. The van der Waals surface area contributed by atoms with Crippen molar-refractivity contribution < 1.29 is 16.8 Å². The van der Waals surface area contributed by atoms with E-state index in [4.69, 9.17) is 17.3 Å². The van der Waals surface area contributed by atoms with Gasteiger partial charge in [0.25, 0.3) is 0 Å². The number of nitrogens with one attached hydrogen (secondary N) is 1. The number of sulfone groups is 1. The molecule has 0 saturated carbocycles. The summed E-state index contributed by atoms with van der Waals surface area (Å²) in [5, 5.41) is -0.0474. The molecule has 0 heterocycles. The van der Waals surface area contributed by atoms with Crippen molar-refractivity contribution >= 4 is 31.5 Å². The lowest BCUT2D eigenvalue weighted by molar-refractivity contribution is 0.344. The molecule has 3 N–H and O–H groups in total. The summed E-state index contributed by atoms with van der Waals surface area (Å²) in [6.07, 6.45) is 1.54. The van der Waals surface area contributed by atoms with Crippen molar-refractivity contribution in [1.82, 2.24) is 4.72 Å². The second-order valence-corrected chi connectivity index (χ2v) is 10.4. The quantitative estimate of drug-likeness (QED) is 0.747. The zero-order valence-electron chi connectivity index (χ0n) is 13.6. The van der Waals surface area contributed by atoms with Crippen LogP contribution in [-0.2, 0) is 19.9 Å². The second kappa shape index (κ2) is 7.06. The Morgan fingerprint density at radius 1 is 1.26 bits per heavy atom. The third-order valence-corrected chi connectivity index (χ3v) is 6.54. The van der Waals surface area contributed by atoms with Gasteiger partial charge in [0, 0.05) is 18.3 Å². The van der Waals surface area contributed by atoms with E-state index in [1.807, 2.05) is 13.8 Å². The molecule has 0 fully saturated rings. The first kappa shape index (κ1) is 20.4. The first-order valence-corrected chi connectivity index (χ1v) is 10.8. The molecule has 0 aliphatic rings. The molecule has 9 heteroatoms. The van der Waals surface area contributed by atoms with Gasteiger partial charge in [0.15, 0.2) is 9.84 Å². The Kier molecular flexibility index (Phi) is 6.26. The fourth-order valence-corrected chi connectivity index (χ4v) is 5.04. The van der Waals surface area contributed by atoms with E-state index in [1.165, 1.54) is 12.1 Å². The number of hydrogen-bond acceptors (Lipinski definition) is 5. The van der Waals surface area contributed by atoms with Crippen LogP contribution in [0.2, 0.25) is 5.02 Å². The van der Waals surface area contributed by atoms with Gasteiger partial charge < -0.3 is 5.73 Å². The Morgan fingerprint density at radius 2 is 1.83 bits per heavy atom. The Hall–Kier alpha value is -0.670. The monoisotopic (exact) mass is 382 g/mol. The average molecular weight is 383 g/mol. The average Bonchev–Trinajstić information content (AvgIpc) is 2.35. The molecule has 1 rings (SSSR count). The molecular weight excluding hydrogens is 360 g/mol. The number of sulfonamides is 1. The van der Waals surface area contributed by atoms with Crippen molar-refractivity contribution in [1.29, 1.82) is 0 Å². The summed E-state index contributed by atoms with van der Waals surface area (Å²) in [5.74, 6) is 0.226. The van der Waals surface area contributed by atoms with Crippen LogP contribution in [0, 0.1) is 5.92 Å². The molecule has 0 unspecified atom stereocenters. The lowest BCUT2D eigenvalue weighted by Gasteiger charge is -2.31. The van der Waals surface area contributed by atoms with E-state index in [0.717, 1.165) is 12.3 Å². The first-order valence-electron chi connectivity index (χ1n) is 7.04. The van der Waals surface area contributed by atoms with Gasteiger partial charge >= 0.3 is 0 Å². The standard InChI is InChI=1S/C14H23ClN2O4S2/c1-10(2)8-14(3,9-16)17-23(20,21)13-7-11(22(4,18)19)5-6-12(13)15/h5-7,10,17H,8-9,16H2,1-4H3/t14-/m0/s1. The van der Waals surface area contributed by atoms with Crippen molar-refractivity contribution in [2.45, 2.75) is 42.5 Å². The van der Waals surface area contributed by atoms with E-state index in [1.54, 1.807) is 6.92 Å². The van der Waals surface area contributed by atoms with Crippen molar-refractivity contribution in [3.63, 3.8) is 0 Å². The number of halogens is 1. The highest BCUT2D eigenvalue weighted by Crippen LogP contribution is 2.27. The molecule has 132 valence electrons. The molecule has 0 spiro atoms. The maximum atomic E-state index is 12.6. The van der Waals surface area contributed by atoms with Gasteiger partial charge in [-0.05, 0) is 37.5 Å². The largest absolute Gasteiger partial charge is 0.329 e. The van der Waals surface area contributed by atoms with Gasteiger partial charge in [-0.15, -0.1) is 0 Å². The van der Waals surface area contributed by atoms with Crippen LogP contribution in [0.4, 0.5) is 0 Å². The fourth-order valence-electron chi connectivity index (χ4n) is 2.37. The number of hydrogen-bond donors (Lipinski definition) is 2. The predicted molar refractivity (Wildman–Crippen MR) is 91.8 cm³/mol. The minimum absolute atomic E-state index is 0.0474. The van der Waals surface area contributed by atoms with Gasteiger partial charge in [0.1, 0.15) is 4.90 Å². The summed E-state index contributed by atoms with van der Waals surface area (Å²) in [7, 11) is -7.56. The molecule has 0 aliphatic heterocycles. The van der Waals surface area contributed by atoms with Crippen LogP contribution < -0.4 is 10.5 Å². The van der Waals surface area contributed by atoms with Crippen molar-refractivity contribution in [2.24, 2.45) is 11.7 Å². The van der Waals surface area contributed by atoms with E-state index in [-0.39, 0.29) is 27.3 Å². The van der Waals surface area contributed by atoms with Crippen molar-refractivity contribution in [3.8, 4) is 0 Å². The highest BCUT2D eigenvalue weighted by molar-refractivity contribution is 7.91. The molecule has 0 aliphatic carbocycles. The molecule has 23 heavy (non-hydrogen) atoms. The Morgan fingerprint density at radius 3 is 2.26 bits per heavy atom. The Balaban J connectivity index is 3.33. The van der Waals surface area contributed by atoms with Gasteiger partial charge in [0.05, 0.1) is 9.92 Å². The smallest absolute Gasteiger partial charge is 0.242 e. The molecule has 0 radical (unpaired) electrons. The van der Waals surface area contributed by atoms with Gasteiger partial charge in [0.2, 0.25) is 10.0 Å². The highest BCUT2D eigenvalue weighted by Gasteiger charge is 2.31. The van der Waals surface area contributed by atoms with Gasteiger partial charge in [-0.3, -0.25) is 0 Å². The molecule has 6 nitrogen and oxygen atoms in total. The molecule has 1 aromatic rings. The second-order valence-electron chi connectivity index (χ2n) is 6.33. The molecule has 1 atom stereocenters. The normalized spacial score (nSPS) is 15.6. The fraction of sp³-hybridized carbons (Fsp3) is 0.571. The third-order valence-electron chi connectivity index (χ3n) is 3.31. The molecule has 0 saturated heterocycles. The van der Waals surface area contributed by atoms with Crippen molar-refractivity contribution in [3.05, 3.63) is 23.2 Å². The summed E-state index contributed by atoms with van der Waals surface area (Å²) in [4.78, 5) is -0.383. The number of rotatable bonds is 7. The summed E-state index contributed by atoms with van der Waals surface area (Å²) in [6, 6.07) is 3.59. The topological polar surface area (TPSA) is 106 Å². The molecular formula is C14H23ClN2O4S2. The van der Waals surface area contributed by atoms with E-state index in [2.05, 4.69) is 4.72 Å². The summed E-state index contributed by atoms with van der Waals surface area (Å²) in [6.45, 7) is 5.73. The van der Waals surface area contributed by atoms with E-state index in [9.17, 15) is 16.8 Å².